The van der Waals surface area contributed by atoms with Gasteiger partial charge in [0.05, 0.1) is 0 Å². The van der Waals surface area contributed by atoms with E-state index in [1.54, 1.807) is 0 Å². The molecule has 0 radical (unpaired) electrons. The topological polar surface area (TPSA) is 50.1 Å². The Balaban J connectivity index is 2.90. The van der Waals surface area contributed by atoms with Crippen molar-refractivity contribution in [2.75, 3.05) is 26.7 Å². The zero-order valence-electron chi connectivity index (χ0n) is 8.40. The van der Waals surface area contributed by atoms with E-state index >= 15 is 0 Å². The van der Waals surface area contributed by atoms with Crippen molar-refractivity contribution in [3.8, 4) is 0 Å². The minimum Gasteiger partial charge on any atom is -0.330 e. The molecule has 0 aliphatic carbocycles. The summed E-state index contributed by atoms with van der Waals surface area (Å²) in [5.41, 5.74) is 5.38. The molecule has 0 fully saturated rings. The number of hydrogen-bond donors (Lipinski definition) is 3. The molecule has 0 heterocycles. The van der Waals surface area contributed by atoms with Gasteiger partial charge in [-0.05, 0) is 52.9 Å². The van der Waals surface area contributed by atoms with Crippen molar-refractivity contribution >= 4 is 0 Å². The minimum absolute atomic E-state index is 0.618. The van der Waals surface area contributed by atoms with Gasteiger partial charge in [0.15, 0.2) is 0 Å². The zero-order chi connectivity index (χ0) is 9.23. The molecule has 0 rings (SSSR count). The van der Waals surface area contributed by atoms with Crippen molar-refractivity contribution in [3.63, 3.8) is 0 Å². The second kappa shape index (κ2) is 8.97. The third kappa shape index (κ3) is 7.98. The van der Waals surface area contributed by atoms with E-state index in [9.17, 15) is 0 Å². The first-order chi connectivity index (χ1) is 5.81. The summed E-state index contributed by atoms with van der Waals surface area (Å²) in [7, 11) is 2.00. The molecule has 3 heteroatoms. The van der Waals surface area contributed by atoms with Crippen LogP contribution >= 0.6 is 0 Å². The van der Waals surface area contributed by atoms with Crippen LogP contribution in [-0.2, 0) is 0 Å². The monoisotopic (exact) mass is 173 g/mol. The molecule has 0 saturated heterocycles. The SMILES string of the molecule is CNC(C)CCNCCCCN. The molecule has 4 N–H and O–H groups in total. The van der Waals surface area contributed by atoms with Gasteiger partial charge in [-0.1, -0.05) is 0 Å². The lowest BCUT2D eigenvalue weighted by atomic mass is 10.2. The Labute approximate surface area is 76.1 Å². The Kier molecular flexibility index (Phi) is 8.88. The number of nitrogens with one attached hydrogen (secondary N) is 2. The highest BCUT2D eigenvalue weighted by atomic mass is 14.9. The standard InChI is InChI=1S/C9H23N3/c1-9(11-2)5-8-12-7-4-3-6-10/h9,11-12H,3-8,10H2,1-2H3. The van der Waals surface area contributed by atoms with Gasteiger partial charge in [0.1, 0.15) is 0 Å². The summed E-state index contributed by atoms with van der Waals surface area (Å²) in [6.45, 7) is 5.22. The van der Waals surface area contributed by atoms with Crippen LogP contribution in [0.2, 0.25) is 0 Å². The molecule has 0 aliphatic rings. The van der Waals surface area contributed by atoms with E-state index in [1.807, 2.05) is 7.05 Å². The average Bonchev–Trinajstić information content (AvgIpc) is 2.10. The molecule has 0 saturated carbocycles. The third-order valence-corrected chi connectivity index (χ3v) is 2.05. The van der Waals surface area contributed by atoms with E-state index in [-0.39, 0.29) is 0 Å². The smallest absolute Gasteiger partial charge is 0.00478 e. The lowest BCUT2D eigenvalue weighted by Crippen LogP contribution is -2.27. The normalized spacial score (nSPS) is 13.2. The lowest BCUT2D eigenvalue weighted by Gasteiger charge is -2.10. The summed E-state index contributed by atoms with van der Waals surface area (Å²) in [4.78, 5) is 0. The van der Waals surface area contributed by atoms with E-state index in [2.05, 4.69) is 17.6 Å². The Morgan fingerprint density at radius 3 is 2.58 bits per heavy atom. The Morgan fingerprint density at radius 2 is 2.00 bits per heavy atom. The van der Waals surface area contributed by atoms with Crippen molar-refractivity contribution in [3.05, 3.63) is 0 Å². The fourth-order valence-corrected chi connectivity index (χ4v) is 0.982. The van der Waals surface area contributed by atoms with Crippen molar-refractivity contribution in [1.29, 1.82) is 0 Å². The van der Waals surface area contributed by atoms with Crippen molar-refractivity contribution in [1.82, 2.24) is 10.6 Å². The van der Waals surface area contributed by atoms with Crippen molar-refractivity contribution in [2.24, 2.45) is 5.73 Å². The van der Waals surface area contributed by atoms with Crippen LogP contribution in [0.25, 0.3) is 0 Å². The molecule has 0 amide bonds. The van der Waals surface area contributed by atoms with Crippen LogP contribution in [0.3, 0.4) is 0 Å². The van der Waals surface area contributed by atoms with Crippen LogP contribution in [0, 0.1) is 0 Å². The van der Waals surface area contributed by atoms with Gasteiger partial charge in [-0.25, -0.2) is 0 Å². The van der Waals surface area contributed by atoms with Gasteiger partial charge in [0.2, 0.25) is 0 Å². The fourth-order valence-electron chi connectivity index (χ4n) is 0.982. The quantitative estimate of drug-likeness (QED) is 0.463. The number of hydrogen-bond acceptors (Lipinski definition) is 3. The molecule has 0 aromatic rings. The van der Waals surface area contributed by atoms with E-state index < -0.39 is 0 Å². The van der Waals surface area contributed by atoms with Gasteiger partial charge < -0.3 is 16.4 Å². The van der Waals surface area contributed by atoms with E-state index in [4.69, 9.17) is 5.73 Å². The molecule has 0 bridgehead atoms. The predicted octanol–water partition coefficient (Wildman–Crippen LogP) is 0.313. The van der Waals surface area contributed by atoms with Crippen molar-refractivity contribution in [2.45, 2.75) is 32.2 Å². The highest BCUT2D eigenvalue weighted by molar-refractivity contribution is 4.59. The molecule has 74 valence electrons. The van der Waals surface area contributed by atoms with Crippen LogP contribution in [0.1, 0.15) is 26.2 Å². The molecular weight excluding hydrogens is 150 g/mol. The predicted molar refractivity (Wildman–Crippen MR) is 54.3 cm³/mol. The number of rotatable bonds is 8. The van der Waals surface area contributed by atoms with Gasteiger partial charge in [-0.2, -0.15) is 0 Å². The first kappa shape index (κ1) is 11.9. The Morgan fingerprint density at radius 1 is 1.25 bits per heavy atom. The first-order valence-corrected chi connectivity index (χ1v) is 4.89. The average molecular weight is 173 g/mol. The highest BCUT2D eigenvalue weighted by Gasteiger charge is 1.95. The number of nitrogens with two attached hydrogens (primary N) is 1. The molecule has 12 heavy (non-hydrogen) atoms. The van der Waals surface area contributed by atoms with Gasteiger partial charge in [-0.15, -0.1) is 0 Å². The Hall–Kier alpha value is -0.120. The van der Waals surface area contributed by atoms with Gasteiger partial charge in [-0.3, -0.25) is 0 Å². The highest BCUT2D eigenvalue weighted by Crippen LogP contribution is 1.87. The molecule has 0 aliphatic heterocycles. The Bertz CT molecular complexity index is 85.8. The van der Waals surface area contributed by atoms with Crippen LogP contribution in [0.15, 0.2) is 0 Å². The summed E-state index contributed by atoms with van der Waals surface area (Å²) in [5.74, 6) is 0. The summed E-state index contributed by atoms with van der Waals surface area (Å²) in [6.07, 6.45) is 3.53. The summed E-state index contributed by atoms with van der Waals surface area (Å²) < 4.78 is 0. The van der Waals surface area contributed by atoms with Crippen molar-refractivity contribution < 1.29 is 0 Å². The number of unbranched alkanes of at least 4 members (excludes halogenated alkanes) is 1. The summed E-state index contributed by atoms with van der Waals surface area (Å²) in [6, 6.07) is 0.618. The molecule has 1 unspecified atom stereocenters. The van der Waals surface area contributed by atoms with E-state index in [1.165, 1.54) is 12.8 Å². The van der Waals surface area contributed by atoms with Crippen LogP contribution in [0.5, 0.6) is 0 Å². The van der Waals surface area contributed by atoms with Gasteiger partial charge in [0.25, 0.3) is 0 Å². The van der Waals surface area contributed by atoms with Gasteiger partial charge in [0, 0.05) is 6.04 Å². The van der Waals surface area contributed by atoms with E-state index in [0.29, 0.717) is 6.04 Å². The molecule has 1 atom stereocenters. The summed E-state index contributed by atoms with van der Waals surface area (Å²) in [5, 5.41) is 6.60. The van der Waals surface area contributed by atoms with E-state index in [0.717, 1.165) is 26.1 Å². The molecule has 0 aromatic carbocycles. The first-order valence-electron chi connectivity index (χ1n) is 4.89. The summed E-state index contributed by atoms with van der Waals surface area (Å²) >= 11 is 0. The minimum atomic E-state index is 0.618. The maximum absolute atomic E-state index is 5.38. The van der Waals surface area contributed by atoms with Crippen LogP contribution in [-0.4, -0.2) is 32.7 Å². The maximum Gasteiger partial charge on any atom is 0.00478 e. The fraction of sp³-hybridized carbons (Fsp3) is 1.00. The van der Waals surface area contributed by atoms with Crippen LogP contribution < -0.4 is 16.4 Å². The second-order valence-corrected chi connectivity index (χ2v) is 3.22. The van der Waals surface area contributed by atoms with Gasteiger partial charge >= 0.3 is 0 Å². The van der Waals surface area contributed by atoms with Crippen LogP contribution in [0.4, 0.5) is 0 Å². The second-order valence-electron chi connectivity index (χ2n) is 3.22. The molecule has 0 aromatic heterocycles. The third-order valence-electron chi connectivity index (χ3n) is 2.05. The molecular formula is C9H23N3. The zero-order valence-corrected chi connectivity index (χ0v) is 8.40. The molecule has 0 spiro atoms. The molecule has 3 nitrogen and oxygen atoms in total. The lowest BCUT2D eigenvalue weighted by molar-refractivity contribution is 0.521. The largest absolute Gasteiger partial charge is 0.330 e. The maximum atomic E-state index is 5.38.